The van der Waals surface area contributed by atoms with E-state index in [-0.39, 0.29) is 18.0 Å². The van der Waals surface area contributed by atoms with Crippen LogP contribution < -0.4 is 4.90 Å². The van der Waals surface area contributed by atoms with E-state index in [1.54, 1.807) is 6.20 Å². The third kappa shape index (κ3) is 4.75. The number of carbonyl (C=O) groups is 2. The van der Waals surface area contributed by atoms with Gasteiger partial charge in [0, 0.05) is 23.5 Å². The fraction of sp³-hybridized carbons (Fsp3) is 0.667. The van der Waals surface area contributed by atoms with Crippen molar-refractivity contribution in [2.45, 2.75) is 96.6 Å². The summed E-state index contributed by atoms with van der Waals surface area (Å²) in [7, 11) is 0. The highest BCUT2D eigenvalue weighted by atomic mass is 32.1. The molecule has 0 saturated heterocycles. The maximum absolute atomic E-state index is 13.1. The molecule has 2 saturated carbocycles. The first-order chi connectivity index (χ1) is 15.3. The number of thiophene rings is 1. The molecule has 1 N–H and O–H groups in total. The first-order valence-electron chi connectivity index (χ1n) is 11.8. The average Bonchev–Trinajstić information content (AvgIpc) is 3.45. The number of hydrogen-bond acceptors (Lipinski definition) is 5. The van der Waals surface area contributed by atoms with E-state index in [4.69, 9.17) is 0 Å². The van der Waals surface area contributed by atoms with E-state index in [1.165, 1.54) is 11.3 Å². The van der Waals surface area contributed by atoms with Crippen molar-refractivity contribution in [1.29, 1.82) is 0 Å². The molecule has 2 fully saturated rings. The van der Waals surface area contributed by atoms with Crippen LogP contribution in [0.5, 0.6) is 0 Å². The second-order valence-electron chi connectivity index (χ2n) is 10.1. The quantitative estimate of drug-likeness (QED) is 0.604. The molecule has 174 valence electrons. The number of anilines is 1. The minimum absolute atomic E-state index is 0.00540. The Labute approximate surface area is 193 Å². The zero-order valence-electron chi connectivity index (χ0n) is 19.3. The van der Waals surface area contributed by atoms with Crippen molar-refractivity contribution in [2.75, 3.05) is 4.90 Å². The molecule has 2 aromatic rings. The molecule has 0 aromatic carbocycles. The van der Waals surface area contributed by atoms with E-state index >= 15 is 0 Å². The topological polar surface area (TPSA) is 88.3 Å². The summed E-state index contributed by atoms with van der Waals surface area (Å²) in [5.41, 5.74) is 0.970. The van der Waals surface area contributed by atoms with Crippen LogP contribution in [0.25, 0.3) is 0 Å². The SMILES string of the molecule is CCC(=O)N(c1cc(C2CCC(C)(C)CC2)sc1C(=O)O)C1CCC(n2ccnn2)CC1. The van der Waals surface area contributed by atoms with E-state index in [9.17, 15) is 14.7 Å². The van der Waals surface area contributed by atoms with Crippen molar-refractivity contribution in [2.24, 2.45) is 5.41 Å². The third-order valence-corrected chi connectivity index (χ3v) is 8.62. The van der Waals surface area contributed by atoms with Crippen molar-refractivity contribution >= 4 is 28.9 Å². The molecule has 2 aromatic heterocycles. The molecule has 2 aliphatic carbocycles. The first kappa shape index (κ1) is 23.0. The number of amides is 1. The molecule has 0 radical (unpaired) electrons. The van der Waals surface area contributed by atoms with Gasteiger partial charge in [-0.2, -0.15) is 0 Å². The lowest BCUT2D eigenvalue weighted by atomic mass is 9.73. The summed E-state index contributed by atoms with van der Waals surface area (Å²) >= 11 is 1.38. The van der Waals surface area contributed by atoms with Crippen LogP contribution in [-0.2, 0) is 4.79 Å². The minimum atomic E-state index is -0.933. The number of aromatic carboxylic acids is 1. The Morgan fingerprint density at radius 1 is 1.19 bits per heavy atom. The van der Waals surface area contributed by atoms with Crippen LogP contribution in [0.3, 0.4) is 0 Å². The normalized spacial score (nSPS) is 23.7. The lowest BCUT2D eigenvalue weighted by Gasteiger charge is -2.37. The Hall–Kier alpha value is -2.22. The van der Waals surface area contributed by atoms with Gasteiger partial charge < -0.3 is 10.0 Å². The molecule has 0 atom stereocenters. The highest BCUT2D eigenvalue weighted by Gasteiger charge is 2.35. The Kier molecular flexibility index (Phi) is 6.70. The van der Waals surface area contributed by atoms with Gasteiger partial charge in [-0.3, -0.25) is 4.79 Å². The maximum atomic E-state index is 13.1. The molecule has 4 rings (SSSR count). The largest absolute Gasteiger partial charge is 0.477 e. The standard InChI is InChI=1S/C24H34N4O3S/c1-4-21(29)28(18-7-5-17(6-8-18)27-14-13-25-26-27)19-15-20(32-22(19)23(30)31)16-9-11-24(2,3)12-10-16/h13-18H,4-12H2,1-3H3,(H,30,31). The van der Waals surface area contributed by atoms with Crippen LogP contribution in [0.15, 0.2) is 18.5 Å². The fourth-order valence-corrected chi connectivity index (χ4v) is 6.47. The number of carboxylic acids is 1. The van der Waals surface area contributed by atoms with Crippen LogP contribution in [0.1, 0.15) is 105 Å². The molecule has 0 unspecified atom stereocenters. The number of carbonyl (C=O) groups excluding carboxylic acids is 1. The van der Waals surface area contributed by atoms with Gasteiger partial charge in [0.05, 0.1) is 17.9 Å². The van der Waals surface area contributed by atoms with Crippen LogP contribution >= 0.6 is 11.3 Å². The highest BCUT2D eigenvalue weighted by Crippen LogP contribution is 2.47. The average molecular weight is 459 g/mol. The zero-order chi connectivity index (χ0) is 22.9. The smallest absolute Gasteiger partial charge is 0.348 e. The van der Waals surface area contributed by atoms with E-state index in [0.717, 1.165) is 56.2 Å². The number of hydrogen-bond donors (Lipinski definition) is 1. The number of aromatic nitrogens is 3. The summed E-state index contributed by atoms with van der Waals surface area (Å²) in [6.07, 6.45) is 11.9. The summed E-state index contributed by atoms with van der Waals surface area (Å²) in [4.78, 5) is 28.5. The van der Waals surface area contributed by atoms with Gasteiger partial charge in [-0.05, 0) is 68.8 Å². The molecule has 32 heavy (non-hydrogen) atoms. The van der Waals surface area contributed by atoms with Gasteiger partial charge in [0.2, 0.25) is 5.91 Å². The van der Waals surface area contributed by atoms with Gasteiger partial charge in [0.25, 0.3) is 0 Å². The summed E-state index contributed by atoms with van der Waals surface area (Å²) in [6, 6.07) is 2.33. The van der Waals surface area contributed by atoms with Gasteiger partial charge in [-0.15, -0.1) is 16.4 Å². The van der Waals surface area contributed by atoms with E-state index < -0.39 is 5.97 Å². The fourth-order valence-electron chi connectivity index (χ4n) is 5.32. The molecule has 0 aliphatic heterocycles. The lowest BCUT2D eigenvalue weighted by molar-refractivity contribution is -0.119. The van der Waals surface area contributed by atoms with Crippen molar-refractivity contribution < 1.29 is 14.7 Å². The Balaban J connectivity index is 1.58. The number of carboxylic acid groups (broad SMARTS) is 1. The second-order valence-corrected chi connectivity index (χ2v) is 11.2. The number of rotatable bonds is 6. The summed E-state index contributed by atoms with van der Waals surface area (Å²) < 4.78 is 1.90. The molecule has 0 bridgehead atoms. The van der Waals surface area contributed by atoms with E-state index in [1.807, 2.05) is 28.8 Å². The summed E-state index contributed by atoms with van der Waals surface area (Å²) in [5.74, 6) is -0.537. The van der Waals surface area contributed by atoms with Crippen LogP contribution in [-0.4, -0.2) is 38.0 Å². The predicted molar refractivity (Wildman–Crippen MR) is 125 cm³/mol. The molecule has 8 heteroatoms. The van der Waals surface area contributed by atoms with E-state index in [0.29, 0.717) is 28.3 Å². The van der Waals surface area contributed by atoms with Gasteiger partial charge in [0.1, 0.15) is 4.88 Å². The maximum Gasteiger partial charge on any atom is 0.348 e. The monoisotopic (exact) mass is 458 g/mol. The minimum Gasteiger partial charge on any atom is -0.477 e. The Bertz CT molecular complexity index is 935. The summed E-state index contributed by atoms with van der Waals surface area (Å²) in [5, 5.41) is 18.0. The van der Waals surface area contributed by atoms with Crippen molar-refractivity contribution in [3.8, 4) is 0 Å². The van der Waals surface area contributed by atoms with Crippen molar-refractivity contribution in [3.05, 3.63) is 28.2 Å². The van der Waals surface area contributed by atoms with Crippen molar-refractivity contribution in [3.63, 3.8) is 0 Å². The Morgan fingerprint density at radius 3 is 2.44 bits per heavy atom. The molecular formula is C24H34N4O3S. The van der Waals surface area contributed by atoms with Crippen LogP contribution in [0.2, 0.25) is 0 Å². The highest BCUT2D eigenvalue weighted by molar-refractivity contribution is 7.14. The molecule has 2 aliphatic rings. The molecule has 0 spiro atoms. The van der Waals surface area contributed by atoms with Gasteiger partial charge >= 0.3 is 5.97 Å². The zero-order valence-corrected chi connectivity index (χ0v) is 20.1. The molecule has 7 nitrogen and oxygen atoms in total. The van der Waals surface area contributed by atoms with Crippen molar-refractivity contribution in [1.82, 2.24) is 15.0 Å². The van der Waals surface area contributed by atoms with Crippen LogP contribution in [0, 0.1) is 5.41 Å². The van der Waals surface area contributed by atoms with Crippen LogP contribution in [0.4, 0.5) is 5.69 Å². The first-order valence-corrected chi connectivity index (χ1v) is 12.7. The van der Waals surface area contributed by atoms with Gasteiger partial charge in [-0.25, -0.2) is 9.48 Å². The third-order valence-electron chi connectivity index (χ3n) is 7.34. The molecular weight excluding hydrogens is 424 g/mol. The van der Waals surface area contributed by atoms with E-state index in [2.05, 4.69) is 24.2 Å². The molecule has 2 heterocycles. The number of nitrogens with zero attached hydrogens (tertiary/aromatic N) is 4. The molecule has 1 amide bonds. The summed E-state index contributed by atoms with van der Waals surface area (Å²) in [6.45, 7) is 6.47. The second kappa shape index (κ2) is 9.33. The Morgan fingerprint density at radius 2 is 1.88 bits per heavy atom. The lowest BCUT2D eigenvalue weighted by Crippen LogP contribution is -2.43. The van der Waals surface area contributed by atoms with Gasteiger partial charge in [-0.1, -0.05) is 26.0 Å². The van der Waals surface area contributed by atoms with Gasteiger partial charge in [0.15, 0.2) is 0 Å². The predicted octanol–water partition coefficient (Wildman–Crippen LogP) is 5.65.